The number of likely N-dealkylation sites (tertiary alicyclic amines) is 1. The number of thiophene rings is 1. The van der Waals surface area contributed by atoms with Gasteiger partial charge in [-0.05, 0) is 105 Å². The van der Waals surface area contributed by atoms with Gasteiger partial charge in [-0.15, -0.1) is 34.0 Å². The molecule has 2 aromatic carbocycles. The number of ketones is 1. The number of nitrogen functional groups attached to an aromatic ring is 1. The van der Waals surface area contributed by atoms with Gasteiger partial charge in [0, 0.05) is 53.5 Å². The predicted octanol–water partition coefficient (Wildman–Crippen LogP) is 10.9. The molecule has 7 rings (SSSR count). The number of anilines is 1. The van der Waals surface area contributed by atoms with Crippen LogP contribution in [0.15, 0.2) is 36.4 Å². The molecule has 0 bridgehead atoms. The minimum atomic E-state index is -0.549. The van der Waals surface area contributed by atoms with Gasteiger partial charge in [0.1, 0.15) is 38.6 Å². The molecule has 5 heterocycles. The first kappa shape index (κ1) is 44.4. The molecule has 310 valence electrons. The van der Waals surface area contributed by atoms with E-state index in [1.165, 1.54) is 58.3 Å². The van der Waals surface area contributed by atoms with Crippen LogP contribution in [0.3, 0.4) is 0 Å². The number of carbonyl (C=O) groups is 3. The van der Waals surface area contributed by atoms with Crippen molar-refractivity contribution in [3.05, 3.63) is 63.5 Å². The van der Waals surface area contributed by atoms with Gasteiger partial charge in [0.25, 0.3) is 0 Å². The highest BCUT2D eigenvalue weighted by Crippen LogP contribution is 2.48. The molecule has 2 N–H and O–H groups in total. The van der Waals surface area contributed by atoms with Crippen LogP contribution in [0, 0.1) is 23.0 Å². The SMILES string of the molecule is CC1CC(=O)CC(C)N1C(=O)OC(C)(C)C.CC1Cc2c(sc(N)c2-c2nc3cc(F)ccc3s2)C(C)N1C(=O)OC(C)(C)C.N#CCc1nc2cc(F)ccc2s1. The quantitative estimate of drug-likeness (QED) is 0.183. The molecule has 0 saturated carbocycles. The molecule has 5 aromatic rings. The third kappa shape index (κ3) is 10.7. The molecule has 0 aliphatic carbocycles. The number of fused-ring (bicyclic) bond motifs is 3. The summed E-state index contributed by atoms with van der Waals surface area (Å²) in [7, 11) is 0. The van der Waals surface area contributed by atoms with E-state index in [1.54, 1.807) is 21.9 Å². The Kier molecular flexibility index (Phi) is 13.5. The normalized spacial score (nSPS) is 19.4. The summed E-state index contributed by atoms with van der Waals surface area (Å²) in [5, 5.41) is 10.7. The standard InChI is InChI=1S/C21H24FN3O2S2.C12H21NO3.C9H5FN2S/c1-10-8-13-16(19-24-14-9-12(22)6-7-15(14)28-19)18(23)29-17(13)11(2)25(10)20(26)27-21(3,4)5;1-8-6-10(14)7-9(2)13(8)11(15)16-12(3,4)5;10-6-1-2-8-7(5-6)12-9(13-8)3-4-11/h6-7,9-11H,8,23H2,1-5H3;8-9H,6-7H2,1-5H3;1-2,5H,3H2. The Balaban J connectivity index is 0.000000186. The second kappa shape index (κ2) is 17.6. The van der Waals surface area contributed by atoms with Crippen molar-refractivity contribution in [3.8, 4) is 16.6 Å². The summed E-state index contributed by atoms with van der Waals surface area (Å²) in [5.41, 5.74) is 8.70. The second-order valence-corrected chi connectivity index (χ2v) is 19.7. The number of nitriles is 1. The van der Waals surface area contributed by atoms with Crippen molar-refractivity contribution in [1.29, 1.82) is 5.26 Å². The summed E-state index contributed by atoms with van der Waals surface area (Å²) in [4.78, 5) is 49.4. The van der Waals surface area contributed by atoms with E-state index in [4.69, 9.17) is 20.5 Å². The summed E-state index contributed by atoms with van der Waals surface area (Å²) in [6.07, 6.45) is 1.20. The first-order valence-corrected chi connectivity index (χ1v) is 21.4. The maximum absolute atomic E-state index is 13.6. The fourth-order valence-corrected chi connectivity index (χ4v) is 10.1. The smallest absolute Gasteiger partial charge is 0.411 e. The number of hydrogen-bond acceptors (Lipinski definition) is 12. The van der Waals surface area contributed by atoms with Crippen molar-refractivity contribution in [1.82, 2.24) is 19.8 Å². The lowest BCUT2D eigenvalue weighted by molar-refractivity contribution is -0.124. The number of carbonyl (C=O) groups excluding carboxylic acids is 3. The highest BCUT2D eigenvalue weighted by molar-refractivity contribution is 7.22. The number of halogens is 2. The summed E-state index contributed by atoms with van der Waals surface area (Å²) < 4.78 is 39.1. The van der Waals surface area contributed by atoms with Gasteiger partial charge in [-0.2, -0.15) is 5.26 Å². The number of benzene rings is 2. The zero-order chi connectivity index (χ0) is 42.9. The van der Waals surface area contributed by atoms with Crippen LogP contribution < -0.4 is 5.73 Å². The fraction of sp³-hybridized carbons (Fsp3) is 0.476. The van der Waals surface area contributed by atoms with Crippen LogP contribution in [0.25, 0.3) is 31.0 Å². The minimum Gasteiger partial charge on any atom is -0.444 e. The van der Waals surface area contributed by atoms with E-state index in [-0.39, 0.29) is 53.8 Å². The van der Waals surface area contributed by atoms with Crippen molar-refractivity contribution in [2.75, 3.05) is 5.73 Å². The Hall–Kier alpha value is -4.72. The molecular formula is C42H50F2N6O5S3. The average molecular weight is 853 g/mol. The molecule has 2 aliphatic heterocycles. The van der Waals surface area contributed by atoms with Gasteiger partial charge in [0.2, 0.25) is 0 Å². The number of nitrogens with zero attached hydrogens (tertiary/aromatic N) is 5. The van der Waals surface area contributed by atoms with E-state index in [0.717, 1.165) is 35.4 Å². The molecule has 4 unspecified atom stereocenters. The van der Waals surface area contributed by atoms with Crippen LogP contribution in [0.4, 0.5) is 23.4 Å². The maximum Gasteiger partial charge on any atom is 0.411 e. The first-order chi connectivity index (χ1) is 27.0. The van der Waals surface area contributed by atoms with Gasteiger partial charge >= 0.3 is 12.2 Å². The van der Waals surface area contributed by atoms with E-state index in [1.807, 2.05) is 75.3 Å². The summed E-state index contributed by atoms with van der Waals surface area (Å²) in [6.45, 7) is 18.9. The van der Waals surface area contributed by atoms with Gasteiger partial charge in [-0.3, -0.25) is 9.69 Å². The molecule has 3 aromatic heterocycles. The number of amides is 2. The van der Waals surface area contributed by atoms with E-state index < -0.39 is 11.2 Å². The molecular weight excluding hydrogens is 803 g/mol. The molecule has 4 atom stereocenters. The second-order valence-electron chi connectivity index (χ2n) is 16.5. The summed E-state index contributed by atoms with van der Waals surface area (Å²) >= 11 is 4.44. The molecule has 0 radical (unpaired) electrons. The zero-order valence-corrected chi connectivity index (χ0v) is 36.9. The van der Waals surface area contributed by atoms with Gasteiger partial charge in [0.15, 0.2) is 0 Å². The van der Waals surface area contributed by atoms with Crippen molar-refractivity contribution < 1.29 is 32.6 Å². The van der Waals surface area contributed by atoms with E-state index in [9.17, 15) is 23.2 Å². The van der Waals surface area contributed by atoms with Crippen LogP contribution in [0.1, 0.15) is 104 Å². The molecule has 1 saturated heterocycles. The predicted molar refractivity (Wildman–Crippen MR) is 227 cm³/mol. The largest absolute Gasteiger partial charge is 0.444 e. The van der Waals surface area contributed by atoms with Crippen molar-refractivity contribution >= 4 is 77.4 Å². The van der Waals surface area contributed by atoms with E-state index in [2.05, 4.69) is 9.97 Å². The average Bonchev–Trinajstić information content (AvgIpc) is 3.77. The van der Waals surface area contributed by atoms with Crippen LogP contribution in [0.2, 0.25) is 0 Å². The number of hydrogen-bond donors (Lipinski definition) is 1. The Bertz CT molecular complexity index is 2340. The van der Waals surface area contributed by atoms with E-state index >= 15 is 0 Å². The Morgan fingerprint density at radius 1 is 0.810 bits per heavy atom. The number of piperidine rings is 1. The van der Waals surface area contributed by atoms with Crippen LogP contribution in [-0.4, -0.2) is 67.1 Å². The summed E-state index contributed by atoms with van der Waals surface area (Å²) in [5.74, 6) is -0.369. The third-order valence-electron chi connectivity index (χ3n) is 9.23. The monoisotopic (exact) mass is 852 g/mol. The van der Waals surface area contributed by atoms with Gasteiger partial charge < -0.3 is 20.1 Å². The number of thiazole rings is 2. The molecule has 11 nitrogen and oxygen atoms in total. The summed E-state index contributed by atoms with van der Waals surface area (Å²) in [6, 6.07) is 10.8. The molecule has 58 heavy (non-hydrogen) atoms. The molecule has 1 fully saturated rings. The lowest BCUT2D eigenvalue weighted by atomic mass is 9.93. The Morgan fingerprint density at radius 3 is 1.84 bits per heavy atom. The highest BCUT2D eigenvalue weighted by Gasteiger charge is 2.39. The Morgan fingerprint density at radius 2 is 1.31 bits per heavy atom. The third-order valence-corrected chi connectivity index (χ3v) is 12.6. The number of ether oxygens (including phenoxy) is 2. The number of Topliss-reactive ketones (excluding diaryl/α,β-unsaturated/α-hetero) is 1. The Labute approximate surface area is 349 Å². The lowest BCUT2D eigenvalue weighted by Crippen LogP contribution is -2.51. The van der Waals surface area contributed by atoms with Gasteiger partial charge in [-0.1, -0.05) is 0 Å². The number of nitrogens with two attached hydrogens (primary N) is 1. The van der Waals surface area contributed by atoms with Gasteiger partial charge in [0.05, 0.1) is 44.0 Å². The molecule has 16 heteroatoms. The number of aromatic nitrogens is 2. The van der Waals surface area contributed by atoms with Crippen LogP contribution in [-0.2, 0) is 27.1 Å². The fourth-order valence-electron chi connectivity index (χ4n) is 6.98. The van der Waals surface area contributed by atoms with E-state index in [0.29, 0.717) is 41.7 Å². The maximum atomic E-state index is 13.6. The van der Waals surface area contributed by atoms with Crippen molar-refractivity contribution in [3.63, 3.8) is 0 Å². The zero-order valence-electron chi connectivity index (χ0n) is 34.4. The molecule has 2 aliphatic rings. The van der Waals surface area contributed by atoms with Crippen molar-refractivity contribution in [2.24, 2.45) is 0 Å². The van der Waals surface area contributed by atoms with Crippen molar-refractivity contribution in [2.45, 2.75) is 130 Å². The highest BCUT2D eigenvalue weighted by atomic mass is 32.1. The lowest BCUT2D eigenvalue weighted by Gasteiger charge is -2.39. The minimum absolute atomic E-state index is 0.0353. The van der Waals surface area contributed by atoms with Gasteiger partial charge in [-0.25, -0.2) is 28.3 Å². The molecule has 2 amide bonds. The number of rotatable bonds is 2. The topological polar surface area (TPSA) is 152 Å². The first-order valence-electron chi connectivity index (χ1n) is 19.0. The molecule has 0 spiro atoms. The van der Waals surface area contributed by atoms with Crippen LogP contribution in [0.5, 0.6) is 0 Å². The van der Waals surface area contributed by atoms with Crippen LogP contribution >= 0.6 is 34.0 Å².